The molecule has 6 aliphatic rings. The van der Waals surface area contributed by atoms with Gasteiger partial charge in [0.15, 0.2) is 25.2 Å². The van der Waals surface area contributed by atoms with Crippen molar-refractivity contribution in [3.05, 3.63) is 12.2 Å². The lowest BCUT2D eigenvalue weighted by atomic mass is 9.88. The summed E-state index contributed by atoms with van der Waals surface area (Å²) < 4.78 is 77.5. The number of rotatable bonds is 66. The van der Waals surface area contributed by atoms with Gasteiger partial charge in [0.05, 0.1) is 76.1 Å². The van der Waals surface area contributed by atoms with Crippen LogP contribution >= 0.6 is 0 Å². The van der Waals surface area contributed by atoms with Crippen molar-refractivity contribution < 1.29 is 197 Å². The molecule has 0 saturated carbocycles. The highest BCUT2D eigenvalue weighted by atomic mass is 16.8. The Balaban J connectivity index is 1.26. The number of unbranched alkanes of at least 4 members (excludes halogenated alkanes) is 31. The van der Waals surface area contributed by atoms with Crippen LogP contribution in [-0.4, -0.2) is 397 Å². The molecule has 4 amide bonds. The summed E-state index contributed by atoms with van der Waals surface area (Å²) in [6.07, 6.45) is -24.5. The topological polar surface area (TPSA) is 692 Å². The first-order valence-electron chi connectivity index (χ1n) is 49.1. The van der Waals surface area contributed by atoms with Gasteiger partial charge < -0.3 is 185 Å². The van der Waals surface area contributed by atoms with Gasteiger partial charge in [-0.15, -0.1) is 0 Å². The number of hydrogen-bond donors (Lipinski definition) is 24. The van der Waals surface area contributed by atoms with E-state index in [1.165, 1.54) is 141 Å². The van der Waals surface area contributed by atoms with Gasteiger partial charge in [0.1, 0.15) is 141 Å². The molecule has 6 rings (SSSR count). The number of aliphatic hydroxyl groups is 18. The highest BCUT2D eigenvalue weighted by molar-refractivity contribution is 5.78. The van der Waals surface area contributed by atoms with Crippen molar-refractivity contribution >= 4 is 41.5 Å². The maximum absolute atomic E-state index is 14.1. The first-order valence-corrected chi connectivity index (χ1v) is 49.1. The van der Waals surface area contributed by atoms with Gasteiger partial charge in [-0.05, 0) is 19.3 Å². The Labute approximate surface area is 795 Å². The molecule has 6 fully saturated rings. The van der Waals surface area contributed by atoms with Crippen LogP contribution in [0, 0.1) is 0 Å². The summed E-state index contributed by atoms with van der Waals surface area (Å²) in [5.74, 6) is -15.6. The van der Waals surface area contributed by atoms with Crippen molar-refractivity contribution in [3.63, 3.8) is 0 Å². The average molecular weight is 1960 g/mol. The quantitative estimate of drug-likeness (QED) is 0.0198. The Morgan fingerprint density at radius 3 is 1.19 bits per heavy atom. The number of aliphatic hydroxyl groups excluding tert-OH is 18. The molecule has 44 heteroatoms. The van der Waals surface area contributed by atoms with E-state index in [-0.39, 0.29) is 6.42 Å². The number of aliphatic carboxylic acids is 2. The van der Waals surface area contributed by atoms with E-state index in [4.69, 9.17) is 61.6 Å². The Morgan fingerprint density at radius 2 is 0.765 bits per heavy atom. The fourth-order valence-corrected chi connectivity index (χ4v) is 18.2. The minimum Gasteiger partial charge on any atom is -0.477 e. The lowest BCUT2D eigenvalue weighted by molar-refractivity contribution is -0.405. The maximum atomic E-state index is 14.1. The van der Waals surface area contributed by atoms with Crippen molar-refractivity contribution in [2.45, 2.75) is 480 Å². The fraction of sp³-hybridized carbons (Fsp3) is 0.902. The van der Waals surface area contributed by atoms with Crippen molar-refractivity contribution in [3.8, 4) is 0 Å². The summed E-state index contributed by atoms with van der Waals surface area (Å²) in [5, 5.41) is 239. The number of hydrogen-bond acceptors (Lipinski definition) is 38. The number of nitrogens with one attached hydrogen (secondary N) is 4. The van der Waals surface area contributed by atoms with Gasteiger partial charge >= 0.3 is 17.9 Å². The van der Waals surface area contributed by atoms with Crippen molar-refractivity contribution in [1.82, 2.24) is 21.3 Å². The predicted molar refractivity (Wildman–Crippen MR) is 477 cm³/mol. The summed E-state index contributed by atoms with van der Waals surface area (Å²) in [5.41, 5.74) is 0. The minimum absolute atomic E-state index is 0.0929. The smallest absolute Gasteiger partial charge is 0.364 e. The van der Waals surface area contributed by atoms with E-state index < -0.39 is 308 Å². The molecular formula is C92H162N4O40. The van der Waals surface area contributed by atoms with E-state index in [0.29, 0.717) is 12.8 Å². The zero-order valence-electron chi connectivity index (χ0n) is 79.6. The maximum Gasteiger partial charge on any atom is 0.364 e. The average Bonchev–Trinajstić information content (AvgIpc) is 0.747. The normalized spacial score (nSPS) is 33.5. The zero-order chi connectivity index (χ0) is 100. The molecule has 44 nitrogen and oxygen atoms in total. The summed E-state index contributed by atoms with van der Waals surface area (Å²) >= 11 is 0. The lowest BCUT2D eigenvalue weighted by Gasteiger charge is -2.53. The molecule has 6 aliphatic heterocycles. The molecule has 6 heterocycles. The molecule has 0 aromatic carbocycles. The van der Waals surface area contributed by atoms with Gasteiger partial charge in [-0.3, -0.25) is 24.0 Å². The van der Waals surface area contributed by atoms with Crippen LogP contribution in [0.25, 0.3) is 0 Å². The number of carboxylic acids is 2. The van der Waals surface area contributed by atoms with Crippen molar-refractivity contribution in [1.29, 1.82) is 0 Å². The monoisotopic (exact) mass is 1960 g/mol. The molecule has 0 aliphatic carbocycles. The fourth-order valence-electron chi connectivity index (χ4n) is 18.2. The Bertz CT molecular complexity index is 3440. The second-order valence-corrected chi connectivity index (χ2v) is 37.0. The van der Waals surface area contributed by atoms with Crippen LogP contribution in [0.4, 0.5) is 0 Å². The molecule has 0 bridgehead atoms. The number of carbonyl (C=O) groups excluding carboxylic acids is 5. The standard InChI is InChI=1S/C92H162N4O40/c1-7-9-11-13-15-17-19-21-22-23-24-25-26-27-28-30-32-34-36-38-40-42-66(111)96-56(57(106)41-39-37-35-33-31-29-20-18-16-14-12-10-8-2)50-125-86-75(117)74(116)78(64(48-100)128-86)130-88-77(119)84(136-92(90(122)123)44-59(108)67(93-52(3)102)81(133-92)70(112)60(109)45-97)79(65(49-101)129-88)131-85-69(95-54(5)104)80(72(114)62(46-98)126-85)132-87-76(118)83(73(115)63(47-99)127-87)135-91(89(120)121)43-58(107)68(94-53(4)103)82(134-91)71(113)61(110)51-124-55(6)105/h39,41,56-65,67-88,97-101,106-110,112-119H,7-38,40,42-51H2,1-6H3,(H,93,102)(H,94,103)(H,95,104)(H,96,111)(H,120,121)(H,122,123)/b41-39+/t56-,57+,58?,59?,60+,61+,62?,63?,64?,65?,67+,68+,69?,70+,71+,72-,73-,74+,75?,76?,77?,78+,79-,80+,81?,82?,83-,84+,85-,86+,87-,88-,91-,92-/m0/s1. The third-order valence-corrected chi connectivity index (χ3v) is 25.8. The molecule has 0 spiro atoms. The van der Waals surface area contributed by atoms with Gasteiger partial charge in [0.2, 0.25) is 23.6 Å². The summed E-state index contributed by atoms with van der Waals surface area (Å²) in [6, 6.07) is -7.01. The third-order valence-electron chi connectivity index (χ3n) is 25.8. The highest BCUT2D eigenvalue weighted by Gasteiger charge is 2.64. The minimum atomic E-state index is -3.51. The van der Waals surface area contributed by atoms with Crippen LogP contribution in [0.2, 0.25) is 0 Å². The van der Waals surface area contributed by atoms with E-state index in [0.717, 1.165) is 91.9 Å². The molecule has 790 valence electrons. The molecule has 136 heavy (non-hydrogen) atoms. The van der Waals surface area contributed by atoms with Crippen molar-refractivity contribution in [2.24, 2.45) is 0 Å². The molecule has 12 unspecified atom stereocenters. The van der Waals surface area contributed by atoms with E-state index >= 15 is 0 Å². The summed E-state index contributed by atoms with van der Waals surface area (Å²) in [7, 11) is 0. The van der Waals surface area contributed by atoms with E-state index in [1.807, 2.05) is 0 Å². The van der Waals surface area contributed by atoms with Crippen LogP contribution < -0.4 is 21.3 Å². The molecule has 6 saturated heterocycles. The van der Waals surface area contributed by atoms with Gasteiger partial charge in [-0.1, -0.05) is 219 Å². The van der Waals surface area contributed by atoms with E-state index in [2.05, 4.69) is 35.1 Å². The predicted octanol–water partition coefficient (Wildman–Crippen LogP) is -0.957. The molecular weight excluding hydrogens is 1800 g/mol. The van der Waals surface area contributed by atoms with Gasteiger partial charge in [-0.2, -0.15) is 0 Å². The molecule has 0 radical (unpaired) electrons. The highest BCUT2D eigenvalue weighted by Crippen LogP contribution is 2.43. The number of carboxylic acid groups (broad SMARTS) is 2. The van der Waals surface area contributed by atoms with Crippen LogP contribution in [0.1, 0.15) is 273 Å². The summed E-state index contributed by atoms with van der Waals surface area (Å²) in [4.78, 5) is 91.8. The first-order chi connectivity index (χ1) is 64.9. The largest absolute Gasteiger partial charge is 0.477 e. The Kier molecular flexibility index (Phi) is 54.8. The number of ether oxygens (including phenoxy) is 13. The number of allylic oxidation sites excluding steroid dienone is 1. The zero-order valence-corrected chi connectivity index (χ0v) is 79.6. The second-order valence-electron chi connectivity index (χ2n) is 37.0. The first kappa shape index (κ1) is 120. The Morgan fingerprint density at radius 1 is 0.397 bits per heavy atom. The lowest BCUT2D eigenvalue weighted by Crippen LogP contribution is -2.72. The van der Waals surface area contributed by atoms with Crippen molar-refractivity contribution in [2.75, 3.05) is 46.2 Å². The Hall–Kier alpha value is -5.17. The van der Waals surface area contributed by atoms with Crippen LogP contribution in [0.15, 0.2) is 12.2 Å². The number of amides is 4. The van der Waals surface area contributed by atoms with Gasteiger partial charge in [-0.25, -0.2) is 9.59 Å². The second kappa shape index (κ2) is 62.4. The number of esters is 1. The third kappa shape index (κ3) is 36.9. The molecule has 0 aromatic rings. The van der Waals surface area contributed by atoms with E-state index in [1.54, 1.807) is 6.08 Å². The van der Waals surface area contributed by atoms with Crippen LogP contribution in [0.5, 0.6) is 0 Å². The van der Waals surface area contributed by atoms with Gasteiger partial charge in [0.25, 0.3) is 11.6 Å². The van der Waals surface area contributed by atoms with Gasteiger partial charge in [0, 0.05) is 47.0 Å². The van der Waals surface area contributed by atoms with E-state index in [9.17, 15) is 136 Å². The van der Waals surface area contributed by atoms with Crippen LogP contribution in [-0.2, 0) is 95.1 Å². The SMILES string of the molecule is CCCCCCCCCCCCC/C=C/[C@@H](O)[C@H](CO[C@@H]1OC(CO)[C@@H](O[C@@H]2OC(CO)[C@H](O[C@@H]3OC(CO)[C@H](O)[C@H](O[C@@H]4OC(CO)[C@H](O)[C@H](O[C@]5(C(=O)O)CC(O)[C@@H](NC(C)=O)C([C@H](O)[C@H](O)COC(C)=O)O5)C4O)C3NC(C)=O)[C@H](O[C@]3(C(=O)O)CC(O)[C@@H](NC(C)=O)C([C@H](O)[C@H](O)CO)O3)C2O)[C@H](O)C1O)NC(=O)CCCCCCCCCCCCCCCCCCCCCCC. The summed E-state index contributed by atoms with van der Waals surface area (Å²) in [6.45, 7) is 0.317. The molecule has 0 aromatic heterocycles. The number of carbonyl (C=O) groups is 7. The van der Waals surface area contributed by atoms with Crippen LogP contribution in [0.3, 0.4) is 0 Å². The molecule has 34 atom stereocenters. The molecule has 24 N–H and O–H groups in total.